The van der Waals surface area contributed by atoms with Gasteiger partial charge in [0.05, 0.1) is 11.6 Å². The summed E-state index contributed by atoms with van der Waals surface area (Å²) in [6.07, 6.45) is 4.38. The zero-order chi connectivity index (χ0) is 17.5. The summed E-state index contributed by atoms with van der Waals surface area (Å²) in [5, 5.41) is 3.92. The van der Waals surface area contributed by atoms with Gasteiger partial charge in [0.15, 0.2) is 0 Å². The first kappa shape index (κ1) is 17.2. The van der Waals surface area contributed by atoms with Gasteiger partial charge in [-0.2, -0.15) is 0 Å². The molecular formula is C21H20N2OS. The van der Waals surface area contributed by atoms with Crippen LogP contribution in [0.3, 0.4) is 0 Å². The molecule has 0 saturated heterocycles. The summed E-state index contributed by atoms with van der Waals surface area (Å²) in [5.74, 6) is -0.0952. The molecule has 3 rings (SSSR count). The number of pyridine rings is 1. The van der Waals surface area contributed by atoms with Gasteiger partial charge in [0.1, 0.15) is 5.03 Å². The number of rotatable bonds is 6. The number of benzene rings is 2. The highest BCUT2D eigenvalue weighted by Crippen LogP contribution is 2.21. The van der Waals surface area contributed by atoms with Crippen molar-refractivity contribution in [2.45, 2.75) is 17.5 Å². The van der Waals surface area contributed by atoms with Crippen LogP contribution in [0.1, 0.15) is 27.5 Å². The highest BCUT2D eigenvalue weighted by Gasteiger charge is 2.18. The monoisotopic (exact) mass is 348 g/mol. The van der Waals surface area contributed by atoms with E-state index in [1.54, 1.807) is 12.3 Å². The molecule has 2 aromatic carbocycles. The lowest BCUT2D eigenvalue weighted by molar-refractivity contribution is 0.0933. The highest BCUT2D eigenvalue weighted by atomic mass is 32.2. The fourth-order valence-electron chi connectivity index (χ4n) is 2.75. The number of hydrogen-bond acceptors (Lipinski definition) is 3. The van der Waals surface area contributed by atoms with E-state index in [0.717, 1.165) is 17.0 Å². The van der Waals surface area contributed by atoms with E-state index in [1.165, 1.54) is 17.3 Å². The van der Waals surface area contributed by atoms with Crippen LogP contribution >= 0.6 is 11.8 Å². The van der Waals surface area contributed by atoms with E-state index in [0.29, 0.717) is 5.56 Å². The molecule has 0 aliphatic carbocycles. The zero-order valence-electron chi connectivity index (χ0n) is 14.1. The average molecular weight is 348 g/mol. The number of aromatic nitrogens is 1. The summed E-state index contributed by atoms with van der Waals surface area (Å²) in [4.78, 5) is 17.1. The van der Waals surface area contributed by atoms with E-state index in [2.05, 4.69) is 22.4 Å². The average Bonchev–Trinajstić information content (AvgIpc) is 2.69. The molecule has 3 aromatic rings. The van der Waals surface area contributed by atoms with Crippen molar-refractivity contribution in [3.8, 4) is 0 Å². The quantitative estimate of drug-likeness (QED) is 0.666. The molecule has 1 aromatic heterocycles. The predicted octanol–water partition coefficient (Wildman–Crippen LogP) is 4.52. The van der Waals surface area contributed by atoms with Crippen molar-refractivity contribution in [3.63, 3.8) is 0 Å². The number of nitrogens with zero attached hydrogens (tertiary/aromatic N) is 1. The summed E-state index contributed by atoms with van der Waals surface area (Å²) in [5.41, 5.74) is 2.89. The minimum absolute atomic E-state index is 0.0917. The second-order valence-electron chi connectivity index (χ2n) is 5.69. The van der Waals surface area contributed by atoms with Crippen molar-refractivity contribution in [3.05, 3.63) is 95.7 Å². The molecule has 25 heavy (non-hydrogen) atoms. The van der Waals surface area contributed by atoms with Gasteiger partial charge >= 0.3 is 0 Å². The molecule has 0 bridgehead atoms. The Kier molecular flexibility index (Phi) is 5.86. The summed E-state index contributed by atoms with van der Waals surface area (Å²) in [6.45, 7) is 0. The molecule has 4 heteroatoms. The Morgan fingerprint density at radius 2 is 1.68 bits per heavy atom. The lowest BCUT2D eigenvalue weighted by Gasteiger charge is -2.20. The standard InChI is InChI=1S/C21H20N2OS/c1-25-21-18(13-8-14-22-21)20(24)23-19(17-11-6-3-7-12-17)15-16-9-4-2-5-10-16/h2-14,19H,15H2,1H3,(H,23,24)/t19-/m1/s1. The molecule has 0 saturated carbocycles. The lowest BCUT2D eigenvalue weighted by Crippen LogP contribution is -2.30. The Hall–Kier alpha value is -2.59. The van der Waals surface area contributed by atoms with Gasteiger partial charge in [-0.3, -0.25) is 4.79 Å². The molecule has 1 amide bonds. The molecule has 0 radical (unpaired) electrons. The first-order chi connectivity index (χ1) is 12.3. The van der Waals surface area contributed by atoms with Crippen LogP contribution in [0.4, 0.5) is 0 Å². The van der Waals surface area contributed by atoms with E-state index in [-0.39, 0.29) is 11.9 Å². The molecule has 1 atom stereocenters. The van der Waals surface area contributed by atoms with Crippen molar-refractivity contribution < 1.29 is 4.79 Å². The van der Waals surface area contributed by atoms with Gasteiger partial charge in [-0.25, -0.2) is 4.98 Å². The van der Waals surface area contributed by atoms with Crippen LogP contribution < -0.4 is 5.32 Å². The smallest absolute Gasteiger partial charge is 0.254 e. The first-order valence-corrected chi connectivity index (χ1v) is 9.39. The van der Waals surface area contributed by atoms with Gasteiger partial charge in [0.25, 0.3) is 5.91 Å². The summed E-state index contributed by atoms with van der Waals surface area (Å²) < 4.78 is 0. The largest absolute Gasteiger partial charge is 0.345 e. The summed E-state index contributed by atoms with van der Waals surface area (Å²) in [7, 11) is 0. The van der Waals surface area contributed by atoms with Crippen LogP contribution in [0.15, 0.2) is 84.0 Å². The van der Waals surface area contributed by atoms with Crippen LogP contribution in [0.2, 0.25) is 0 Å². The van der Waals surface area contributed by atoms with Gasteiger partial charge in [-0.1, -0.05) is 60.7 Å². The third kappa shape index (κ3) is 4.48. The number of hydrogen-bond donors (Lipinski definition) is 1. The fraction of sp³-hybridized carbons (Fsp3) is 0.143. The third-order valence-electron chi connectivity index (χ3n) is 4.00. The second-order valence-corrected chi connectivity index (χ2v) is 6.48. The van der Waals surface area contributed by atoms with E-state index in [1.807, 2.05) is 60.9 Å². The second kappa shape index (κ2) is 8.49. The Bertz CT molecular complexity index is 822. The Morgan fingerprint density at radius 3 is 2.36 bits per heavy atom. The van der Waals surface area contributed by atoms with Gasteiger partial charge in [-0.15, -0.1) is 11.8 Å². The molecule has 0 unspecified atom stereocenters. The summed E-state index contributed by atoms with van der Waals surface area (Å²) in [6, 6.07) is 23.8. The topological polar surface area (TPSA) is 42.0 Å². The maximum Gasteiger partial charge on any atom is 0.254 e. The van der Waals surface area contributed by atoms with Crippen LogP contribution in [0, 0.1) is 0 Å². The predicted molar refractivity (Wildman–Crippen MR) is 103 cm³/mol. The Labute approximate surface area is 152 Å². The van der Waals surface area contributed by atoms with E-state index in [4.69, 9.17) is 0 Å². The van der Waals surface area contributed by atoms with Crippen molar-refractivity contribution in [2.75, 3.05) is 6.26 Å². The summed E-state index contributed by atoms with van der Waals surface area (Å²) >= 11 is 1.48. The molecule has 0 spiro atoms. The van der Waals surface area contributed by atoms with E-state index >= 15 is 0 Å². The lowest BCUT2D eigenvalue weighted by atomic mass is 9.98. The van der Waals surface area contributed by atoms with Crippen LogP contribution in [-0.2, 0) is 6.42 Å². The minimum atomic E-state index is -0.0952. The van der Waals surface area contributed by atoms with E-state index < -0.39 is 0 Å². The molecule has 0 fully saturated rings. The van der Waals surface area contributed by atoms with Crippen molar-refractivity contribution in [1.82, 2.24) is 10.3 Å². The number of carbonyl (C=O) groups excluding carboxylic acids is 1. The number of carbonyl (C=O) groups is 1. The van der Waals surface area contributed by atoms with Crippen molar-refractivity contribution in [1.29, 1.82) is 0 Å². The third-order valence-corrected chi connectivity index (χ3v) is 4.71. The number of thioether (sulfide) groups is 1. The van der Waals surface area contributed by atoms with Gasteiger partial charge < -0.3 is 5.32 Å². The molecule has 3 nitrogen and oxygen atoms in total. The van der Waals surface area contributed by atoms with Gasteiger partial charge in [0.2, 0.25) is 0 Å². The van der Waals surface area contributed by atoms with Crippen LogP contribution in [0.25, 0.3) is 0 Å². The highest BCUT2D eigenvalue weighted by molar-refractivity contribution is 7.98. The Balaban J connectivity index is 1.86. The normalized spacial score (nSPS) is 11.7. The van der Waals surface area contributed by atoms with Crippen LogP contribution in [-0.4, -0.2) is 17.1 Å². The zero-order valence-corrected chi connectivity index (χ0v) is 14.9. The fourth-order valence-corrected chi connectivity index (χ4v) is 3.30. The molecule has 126 valence electrons. The van der Waals surface area contributed by atoms with Gasteiger partial charge in [-0.05, 0) is 35.9 Å². The maximum atomic E-state index is 12.8. The maximum absolute atomic E-state index is 12.8. The van der Waals surface area contributed by atoms with E-state index in [9.17, 15) is 4.79 Å². The molecule has 0 aliphatic heterocycles. The Morgan fingerprint density at radius 1 is 1.00 bits per heavy atom. The molecule has 1 heterocycles. The van der Waals surface area contributed by atoms with Crippen molar-refractivity contribution >= 4 is 17.7 Å². The van der Waals surface area contributed by atoms with Crippen molar-refractivity contribution in [2.24, 2.45) is 0 Å². The van der Waals surface area contributed by atoms with Crippen LogP contribution in [0.5, 0.6) is 0 Å². The molecule has 1 N–H and O–H groups in total. The van der Waals surface area contributed by atoms with Gasteiger partial charge in [0, 0.05) is 6.20 Å². The SMILES string of the molecule is CSc1ncccc1C(=O)N[C@H](Cc1ccccc1)c1ccccc1. The molecule has 0 aliphatic rings. The first-order valence-electron chi connectivity index (χ1n) is 8.16. The minimum Gasteiger partial charge on any atom is -0.345 e. The number of nitrogens with one attached hydrogen (secondary N) is 1. The number of amides is 1. The molecular weight excluding hydrogens is 328 g/mol.